The summed E-state index contributed by atoms with van der Waals surface area (Å²) in [5.41, 5.74) is 6.72. The summed E-state index contributed by atoms with van der Waals surface area (Å²) in [6.45, 7) is 6.57. The highest BCUT2D eigenvalue weighted by Gasteiger charge is 2.27. The third-order valence-corrected chi connectivity index (χ3v) is 4.51. The van der Waals surface area contributed by atoms with Crippen molar-refractivity contribution in [1.29, 1.82) is 0 Å². The van der Waals surface area contributed by atoms with Crippen LogP contribution in [0.25, 0.3) is 0 Å². The van der Waals surface area contributed by atoms with E-state index in [4.69, 9.17) is 5.73 Å². The standard InChI is InChI=1S/C16H24N2OS.ClH/c1-16(2,3)20-14-8-6-13(7-9-14)18-15(19)11-4-5-12(17)10-11;/h6-9,11-12H,4-5,10,17H2,1-3H3,(H,18,19);1H. The SMILES string of the molecule is CC(C)(C)Sc1ccc(NC(=O)C2CCC(N)C2)cc1.Cl. The Balaban J connectivity index is 0.00000220. The second-order valence-electron chi connectivity index (χ2n) is 6.50. The summed E-state index contributed by atoms with van der Waals surface area (Å²) in [6, 6.07) is 8.26. The van der Waals surface area contributed by atoms with Gasteiger partial charge in [-0.25, -0.2) is 0 Å². The maximum absolute atomic E-state index is 12.1. The number of thioether (sulfide) groups is 1. The lowest BCUT2D eigenvalue weighted by atomic mass is 10.1. The summed E-state index contributed by atoms with van der Waals surface area (Å²) >= 11 is 1.82. The molecule has 118 valence electrons. The van der Waals surface area contributed by atoms with E-state index in [9.17, 15) is 4.79 Å². The van der Waals surface area contributed by atoms with Crippen molar-refractivity contribution in [3.63, 3.8) is 0 Å². The van der Waals surface area contributed by atoms with Crippen LogP contribution in [0.15, 0.2) is 29.2 Å². The maximum atomic E-state index is 12.1. The average Bonchev–Trinajstić information content (AvgIpc) is 2.77. The highest BCUT2D eigenvalue weighted by atomic mass is 35.5. The lowest BCUT2D eigenvalue weighted by Gasteiger charge is -2.17. The summed E-state index contributed by atoms with van der Waals surface area (Å²) in [6.07, 6.45) is 2.67. The van der Waals surface area contributed by atoms with Gasteiger partial charge in [0.15, 0.2) is 0 Å². The van der Waals surface area contributed by atoms with Crippen LogP contribution in [0.3, 0.4) is 0 Å². The Hall–Kier alpha value is -0.710. The summed E-state index contributed by atoms with van der Waals surface area (Å²) in [5, 5.41) is 2.99. The highest BCUT2D eigenvalue weighted by molar-refractivity contribution is 8.00. The number of amides is 1. The van der Waals surface area contributed by atoms with Gasteiger partial charge in [-0.2, -0.15) is 0 Å². The molecular formula is C16H25ClN2OS. The molecule has 0 bridgehead atoms. The predicted octanol–water partition coefficient (Wildman–Crippen LogP) is 4.06. The van der Waals surface area contributed by atoms with Crippen molar-refractivity contribution in [1.82, 2.24) is 0 Å². The van der Waals surface area contributed by atoms with Crippen LogP contribution < -0.4 is 11.1 Å². The molecule has 2 rings (SSSR count). The third-order valence-electron chi connectivity index (χ3n) is 3.39. The topological polar surface area (TPSA) is 55.1 Å². The molecule has 1 aromatic rings. The van der Waals surface area contributed by atoms with Crippen LogP contribution in [0.2, 0.25) is 0 Å². The van der Waals surface area contributed by atoms with Crippen molar-refractivity contribution in [3.8, 4) is 0 Å². The number of hydrogen-bond donors (Lipinski definition) is 2. The largest absolute Gasteiger partial charge is 0.328 e. The van der Waals surface area contributed by atoms with E-state index in [0.29, 0.717) is 0 Å². The first-order valence-corrected chi connectivity index (χ1v) is 8.01. The molecule has 0 radical (unpaired) electrons. The van der Waals surface area contributed by atoms with E-state index in [-0.39, 0.29) is 35.0 Å². The first-order chi connectivity index (χ1) is 9.33. The molecule has 1 aliphatic rings. The van der Waals surface area contributed by atoms with Gasteiger partial charge in [-0.05, 0) is 43.5 Å². The number of rotatable bonds is 3. The number of nitrogens with one attached hydrogen (secondary N) is 1. The van der Waals surface area contributed by atoms with Crippen LogP contribution >= 0.6 is 24.2 Å². The molecule has 1 aliphatic carbocycles. The number of halogens is 1. The molecule has 2 unspecified atom stereocenters. The number of hydrogen-bond acceptors (Lipinski definition) is 3. The summed E-state index contributed by atoms with van der Waals surface area (Å²) in [7, 11) is 0. The number of benzene rings is 1. The molecule has 0 aromatic heterocycles. The van der Waals surface area contributed by atoms with E-state index in [1.807, 2.05) is 23.9 Å². The van der Waals surface area contributed by atoms with E-state index in [2.05, 4.69) is 38.2 Å². The molecule has 21 heavy (non-hydrogen) atoms. The maximum Gasteiger partial charge on any atom is 0.227 e. The minimum absolute atomic E-state index is 0. The third kappa shape index (κ3) is 5.89. The Bertz CT molecular complexity index is 470. The molecule has 1 saturated carbocycles. The minimum atomic E-state index is 0. The van der Waals surface area contributed by atoms with Gasteiger partial charge in [0.05, 0.1) is 0 Å². The van der Waals surface area contributed by atoms with Crippen molar-refractivity contribution < 1.29 is 4.79 Å². The molecule has 5 heteroatoms. The van der Waals surface area contributed by atoms with Crippen LogP contribution in [0, 0.1) is 5.92 Å². The van der Waals surface area contributed by atoms with Crippen LogP contribution in [0.5, 0.6) is 0 Å². The summed E-state index contributed by atoms with van der Waals surface area (Å²) < 4.78 is 0.199. The number of carbonyl (C=O) groups excluding carboxylic acids is 1. The first kappa shape index (κ1) is 18.3. The highest BCUT2D eigenvalue weighted by Crippen LogP contribution is 2.32. The van der Waals surface area contributed by atoms with Gasteiger partial charge >= 0.3 is 0 Å². The zero-order valence-corrected chi connectivity index (χ0v) is 14.5. The fourth-order valence-corrected chi connectivity index (χ4v) is 3.44. The molecule has 2 atom stereocenters. The van der Waals surface area contributed by atoms with Crippen molar-refractivity contribution >= 4 is 35.8 Å². The van der Waals surface area contributed by atoms with E-state index >= 15 is 0 Å². The molecule has 1 aromatic carbocycles. The summed E-state index contributed by atoms with van der Waals surface area (Å²) in [4.78, 5) is 13.3. The molecular weight excluding hydrogens is 304 g/mol. The van der Waals surface area contributed by atoms with E-state index in [0.717, 1.165) is 24.9 Å². The van der Waals surface area contributed by atoms with Gasteiger partial charge in [0.25, 0.3) is 0 Å². The normalized spacial score (nSPS) is 21.7. The molecule has 0 saturated heterocycles. The smallest absolute Gasteiger partial charge is 0.227 e. The Morgan fingerprint density at radius 3 is 2.33 bits per heavy atom. The molecule has 1 amide bonds. The van der Waals surface area contributed by atoms with E-state index in [1.165, 1.54) is 4.90 Å². The van der Waals surface area contributed by atoms with Crippen molar-refractivity contribution in [3.05, 3.63) is 24.3 Å². The Kier molecular flexibility index (Phi) is 6.57. The lowest BCUT2D eigenvalue weighted by Crippen LogP contribution is -2.23. The minimum Gasteiger partial charge on any atom is -0.328 e. The molecule has 0 aliphatic heterocycles. The Morgan fingerprint density at radius 1 is 1.24 bits per heavy atom. The van der Waals surface area contributed by atoms with Crippen molar-refractivity contribution in [2.45, 2.75) is 55.7 Å². The second kappa shape index (κ2) is 7.52. The number of carbonyl (C=O) groups is 1. The van der Waals surface area contributed by atoms with Gasteiger partial charge in [0.2, 0.25) is 5.91 Å². The van der Waals surface area contributed by atoms with E-state index in [1.54, 1.807) is 0 Å². The number of anilines is 1. The van der Waals surface area contributed by atoms with Crippen LogP contribution in [0.1, 0.15) is 40.0 Å². The van der Waals surface area contributed by atoms with Crippen LogP contribution in [0.4, 0.5) is 5.69 Å². The molecule has 0 spiro atoms. The average molecular weight is 329 g/mol. The fraction of sp³-hybridized carbons (Fsp3) is 0.562. The van der Waals surface area contributed by atoms with Gasteiger partial charge in [-0.3, -0.25) is 4.79 Å². The molecule has 3 N–H and O–H groups in total. The fourth-order valence-electron chi connectivity index (χ4n) is 2.46. The van der Waals surface area contributed by atoms with Gasteiger partial charge in [0.1, 0.15) is 0 Å². The molecule has 3 nitrogen and oxygen atoms in total. The van der Waals surface area contributed by atoms with Crippen LogP contribution in [-0.2, 0) is 4.79 Å². The zero-order chi connectivity index (χ0) is 14.8. The quantitative estimate of drug-likeness (QED) is 0.822. The van der Waals surface area contributed by atoms with Gasteiger partial charge < -0.3 is 11.1 Å². The Labute approximate surface area is 137 Å². The molecule has 0 heterocycles. The van der Waals surface area contributed by atoms with Gasteiger partial charge in [-0.1, -0.05) is 20.8 Å². The zero-order valence-electron chi connectivity index (χ0n) is 12.9. The monoisotopic (exact) mass is 328 g/mol. The number of nitrogens with two attached hydrogens (primary N) is 1. The van der Waals surface area contributed by atoms with Gasteiger partial charge in [0, 0.05) is 27.3 Å². The predicted molar refractivity (Wildman–Crippen MR) is 93.2 cm³/mol. The first-order valence-electron chi connectivity index (χ1n) is 7.19. The van der Waals surface area contributed by atoms with Crippen LogP contribution in [-0.4, -0.2) is 16.7 Å². The van der Waals surface area contributed by atoms with Crippen molar-refractivity contribution in [2.24, 2.45) is 11.7 Å². The van der Waals surface area contributed by atoms with E-state index < -0.39 is 0 Å². The lowest BCUT2D eigenvalue weighted by molar-refractivity contribution is -0.119. The van der Waals surface area contributed by atoms with Crippen molar-refractivity contribution in [2.75, 3.05) is 5.32 Å². The second-order valence-corrected chi connectivity index (χ2v) is 8.40. The molecule has 1 fully saturated rings. The summed E-state index contributed by atoms with van der Waals surface area (Å²) in [5.74, 6) is 0.183. The van der Waals surface area contributed by atoms with Gasteiger partial charge in [-0.15, -0.1) is 24.2 Å². The Morgan fingerprint density at radius 2 is 1.86 bits per heavy atom.